The first kappa shape index (κ1) is 15.7. The van der Waals surface area contributed by atoms with Crippen LogP contribution in [0.4, 0.5) is 18.9 Å². The van der Waals surface area contributed by atoms with E-state index < -0.39 is 18.1 Å². The van der Waals surface area contributed by atoms with Crippen molar-refractivity contribution in [1.29, 1.82) is 0 Å². The SMILES string of the molecule is Cc1cc(Cl)nc(Cl)c1NC1CCCCC1C(F)(F)F. The Balaban J connectivity index is 2.23. The van der Waals surface area contributed by atoms with Crippen LogP contribution in [0, 0.1) is 12.8 Å². The fraction of sp³-hybridized carbons (Fsp3) is 0.615. The molecule has 0 saturated heterocycles. The van der Waals surface area contributed by atoms with Crippen LogP contribution in [0.5, 0.6) is 0 Å². The number of hydrogen-bond acceptors (Lipinski definition) is 2. The summed E-state index contributed by atoms with van der Waals surface area (Å²) in [4.78, 5) is 3.87. The fourth-order valence-electron chi connectivity index (χ4n) is 2.65. The van der Waals surface area contributed by atoms with Crippen LogP contribution in [0.2, 0.25) is 10.3 Å². The summed E-state index contributed by atoms with van der Waals surface area (Å²) in [7, 11) is 0. The Morgan fingerprint density at radius 2 is 1.90 bits per heavy atom. The van der Waals surface area contributed by atoms with E-state index in [4.69, 9.17) is 23.2 Å². The standard InChI is InChI=1S/C13H15Cl2F3N2/c1-7-6-10(14)20-12(15)11(7)19-9-5-3-2-4-8(9)13(16,17)18/h6,8-9,19H,2-5H2,1H3. The zero-order valence-electron chi connectivity index (χ0n) is 10.9. The lowest BCUT2D eigenvalue weighted by Gasteiger charge is -2.34. The Labute approximate surface area is 125 Å². The molecule has 7 heteroatoms. The zero-order chi connectivity index (χ0) is 14.9. The van der Waals surface area contributed by atoms with E-state index >= 15 is 0 Å². The maximum absolute atomic E-state index is 13.0. The van der Waals surface area contributed by atoms with Gasteiger partial charge in [0.05, 0.1) is 11.6 Å². The van der Waals surface area contributed by atoms with Crippen molar-refractivity contribution in [2.45, 2.75) is 44.8 Å². The summed E-state index contributed by atoms with van der Waals surface area (Å²) < 4.78 is 39.1. The molecule has 0 spiro atoms. The quantitative estimate of drug-likeness (QED) is 0.752. The van der Waals surface area contributed by atoms with Crippen LogP contribution in [-0.4, -0.2) is 17.2 Å². The number of pyridine rings is 1. The first-order chi connectivity index (χ1) is 9.29. The van der Waals surface area contributed by atoms with Gasteiger partial charge in [-0.15, -0.1) is 0 Å². The second-order valence-corrected chi connectivity index (χ2v) is 5.86. The molecule has 1 aromatic heterocycles. The van der Waals surface area contributed by atoms with Crippen molar-refractivity contribution in [2.24, 2.45) is 5.92 Å². The molecule has 0 radical (unpaired) electrons. The number of aromatic nitrogens is 1. The molecule has 1 fully saturated rings. The van der Waals surface area contributed by atoms with Crippen molar-refractivity contribution >= 4 is 28.9 Å². The van der Waals surface area contributed by atoms with Gasteiger partial charge >= 0.3 is 6.18 Å². The summed E-state index contributed by atoms with van der Waals surface area (Å²) in [6.45, 7) is 1.74. The Morgan fingerprint density at radius 1 is 1.25 bits per heavy atom. The number of alkyl halides is 3. The van der Waals surface area contributed by atoms with Gasteiger partial charge in [0.2, 0.25) is 0 Å². The number of nitrogens with zero attached hydrogens (tertiary/aromatic N) is 1. The molecule has 0 amide bonds. The van der Waals surface area contributed by atoms with Crippen molar-refractivity contribution in [3.05, 3.63) is 21.9 Å². The van der Waals surface area contributed by atoms with Gasteiger partial charge in [0.1, 0.15) is 5.15 Å². The average molecular weight is 327 g/mol. The topological polar surface area (TPSA) is 24.9 Å². The van der Waals surface area contributed by atoms with Crippen LogP contribution in [0.3, 0.4) is 0 Å². The Hall–Kier alpha value is -0.680. The van der Waals surface area contributed by atoms with E-state index in [0.717, 1.165) is 6.42 Å². The van der Waals surface area contributed by atoms with Crippen molar-refractivity contribution in [1.82, 2.24) is 4.98 Å². The van der Waals surface area contributed by atoms with E-state index in [0.29, 0.717) is 24.1 Å². The van der Waals surface area contributed by atoms with Crippen molar-refractivity contribution in [3.63, 3.8) is 0 Å². The van der Waals surface area contributed by atoms with Gasteiger partial charge in [-0.05, 0) is 31.4 Å². The molecule has 0 aromatic carbocycles. The number of aryl methyl sites for hydroxylation is 1. The minimum absolute atomic E-state index is 0.112. The van der Waals surface area contributed by atoms with Gasteiger partial charge in [0.25, 0.3) is 0 Å². The zero-order valence-corrected chi connectivity index (χ0v) is 12.4. The Morgan fingerprint density at radius 3 is 2.50 bits per heavy atom. The van der Waals surface area contributed by atoms with Crippen LogP contribution in [0.15, 0.2) is 6.07 Å². The molecule has 1 N–H and O–H groups in total. The van der Waals surface area contributed by atoms with Crippen LogP contribution < -0.4 is 5.32 Å². The summed E-state index contributed by atoms with van der Waals surface area (Å²) >= 11 is 11.7. The second kappa shape index (κ2) is 5.98. The highest BCUT2D eigenvalue weighted by atomic mass is 35.5. The minimum atomic E-state index is -4.20. The van der Waals surface area contributed by atoms with Crippen molar-refractivity contribution < 1.29 is 13.2 Å². The summed E-state index contributed by atoms with van der Waals surface area (Å²) in [5.74, 6) is -1.35. The van der Waals surface area contributed by atoms with E-state index in [-0.39, 0.29) is 16.7 Å². The second-order valence-electron chi connectivity index (χ2n) is 5.11. The summed E-state index contributed by atoms with van der Waals surface area (Å²) in [6, 6.07) is 0.921. The maximum Gasteiger partial charge on any atom is 0.393 e. The highest BCUT2D eigenvalue weighted by Gasteiger charge is 2.45. The molecule has 112 valence electrons. The molecule has 2 nitrogen and oxygen atoms in total. The lowest BCUT2D eigenvalue weighted by atomic mass is 9.84. The molecule has 0 aliphatic heterocycles. The normalized spacial score (nSPS) is 23.7. The Bertz CT molecular complexity index is 468. The van der Waals surface area contributed by atoms with Crippen LogP contribution in [-0.2, 0) is 0 Å². The third kappa shape index (κ3) is 3.50. The highest BCUT2D eigenvalue weighted by molar-refractivity contribution is 6.34. The molecule has 1 heterocycles. The molecule has 2 rings (SSSR count). The largest absolute Gasteiger partial charge is 0.393 e. The number of halogens is 5. The smallest absolute Gasteiger partial charge is 0.379 e. The molecule has 1 aromatic rings. The summed E-state index contributed by atoms with van der Waals surface area (Å²) in [5.41, 5.74) is 1.14. The first-order valence-corrected chi connectivity index (χ1v) is 7.20. The number of rotatable bonds is 2. The monoisotopic (exact) mass is 326 g/mol. The van der Waals surface area contributed by atoms with Gasteiger partial charge in [-0.1, -0.05) is 36.0 Å². The van der Waals surface area contributed by atoms with Crippen molar-refractivity contribution in [2.75, 3.05) is 5.32 Å². The number of anilines is 1. The lowest BCUT2D eigenvalue weighted by Crippen LogP contribution is -2.41. The fourth-order valence-corrected chi connectivity index (χ4v) is 3.24. The van der Waals surface area contributed by atoms with E-state index in [9.17, 15) is 13.2 Å². The maximum atomic E-state index is 13.0. The van der Waals surface area contributed by atoms with E-state index in [2.05, 4.69) is 10.3 Å². The predicted octanol–water partition coefficient (Wildman–Crippen LogP) is 5.23. The van der Waals surface area contributed by atoms with E-state index in [1.54, 1.807) is 13.0 Å². The molecule has 2 unspecified atom stereocenters. The molecule has 1 aliphatic carbocycles. The molecule has 1 saturated carbocycles. The highest BCUT2D eigenvalue weighted by Crippen LogP contribution is 2.40. The van der Waals surface area contributed by atoms with Gasteiger partial charge < -0.3 is 5.32 Å². The molecule has 1 aliphatic rings. The van der Waals surface area contributed by atoms with Gasteiger partial charge in [-0.25, -0.2) is 4.98 Å². The average Bonchev–Trinajstić information content (AvgIpc) is 2.33. The summed E-state index contributed by atoms with van der Waals surface area (Å²) in [5, 5.41) is 3.27. The molecule has 20 heavy (non-hydrogen) atoms. The minimum Gasteiger partial charge on any atom is -0.379 e. The molecule has 2 atom stereocenters. The third-order valence-corrected chi connectivity index (χ3v) is 4.12. The predicted molar refractivity (Wildman–Crippen MR) is 74.4 cm³/mol. The third-order valence-electron chi connectivity index (χ3n) is 3.66. The van der Waals surface area contributed by atoms with Crippen LogP contribution in [0.25, 0.3) is 0 Å². The molecule has 0 bridgehead atoms. The van der Waals surface area contributed by atoms with Crippen LogP contribution >= 0.6 is 23.2 Å². The number of hydrogen-bond donors (Lipinski definition) is 1. The van der Waals surface area contributed by atoms with Gasteiger partial charge in [-0.3, -0.25) is 0 Å². The van der Waals surface area contributed by atoms with Gasteiger partial charge in [0, 0.05) is 6.04 Å². The lowest BCUT2D eigenvalue weighted by molar-refractivity contribution is -0.184. The summed E-state index contributed by atoms with van der Waals surface area (Å²) in [6.07, 6.45) is -2.18. The molecular weight excluding hydrogens is 312 g/mol. The van der Waals surface area contributed by atoms with Crippen LogP contribution in [0.1, 0.15) is 31.2 Å². The number of nitrogens with one attached hydrogen (secondary N) is 1. The van der Waals surface area contributed by atoms with E-state index in [1.807, 2.05) is 0 Å². The first-order valence-electron chi connectivity index (χ1n) is 6.45. The van der Waals surface area contributed by atoms with Gasteiger partial charge in [-0.2, -0.15) is 13.2 Å². The van der Waals surface area contributed by atoms with Crippen molar-refractivity contribution in [3.8, 4) is 0 Å². The Kier molecular flexibility index (Phi) is 4.69. The van der Waals surface area contributed by atoms with E-state index in [1.165, 1.54) is 0 Å². The molecular formula is C13H15Cl2F3N2. The van der Waals surface area contributed by atoms with Gasteiger partial charge in [0.15, 0.2) is 5.15 Å².